The Kier molecular flexibility index (Phi) is 10.6. The number of aliphatic hydroxyl groups excluding tert-OH is 2. The molecule has 2 aromatic heterocycles. The van der Waals surface area contributed by atoms with Crippen LogP contribution in [0.2, 0.25) is 0 Å². The number of aromatic nitrogens is 4. The topological polar surface area (TPSA) is 276 Å². The fourth-order valence-electron chi connectivity index (χ4n) is 2.78. The number of rotatable bonds is 8. The van der Waals surface area contributed by atoms with Gasteiger partial charge in [-0.05, 0) is 0 Å². The van der Waals surface area contributed by atoms with Gasteiger partial charge in [-0.15, -0.1) is 0 Å². The number of ether oxygens (including phenoxy) is 1. The van der Waals surface area contributed by atoms with Gasteiger partial charge in [-0.25, -0.2) is 23.8 Å². The number of fused-ring (bicyclic) bond motifs is 1. The molecular weight excluding hydrogens is 501 g/mol. The van der Waals surface area contributed by atoms with E-state index in [9.17, 15) is 33.7 Å². The zero-order valence-corrected chi connectivity index (χ0v) is 19.8. The van der Waals surface area contributed by atoms with Crippen molar-refractivity contribution in [3.63, 3.8) is 0 Å². The predicted molar refractivity (Wildman–Crippen MR) is 94.8 cm³/mol. The first-order valence-electron chi connectivity index (χ1n) is 8.15. The molecule has 1 fully saturated rings. The maximum absolute atomic E-state index is 11.9. The van der Waals surface area contributed by atoms with Crippen molar-refractivity contribution in [3.8, 4) is 0 Å². The Morgan fingerprint density at radius 2 is 1.73 bits per heavy atom. The molecule has 6 N–H and O–H groups in total. The van der Waals surface area contributed by atoms with E-state index in [4.69, 9.17) is 20.3 Å². The smallest absolute Gasteiger partial charge is 0.778 e. The first-order valence-corrected chi connectivity index (χ1v) is 13.1. The maximum atomic E-state index is 11.9. The first-order chi connectivity index (χ1) is 14.2. The molecule has 0 bridgehead atoms. The third-order valence-corrected chi connectivity index (χ3v) is 9.17. The van der Waals surface area contributed by atoms with Crippen molar-refractivity contribution < 1.29 is 94.8 Å². The molecule has 0 saturated carbocycles. The Morgan fingerprint density at radius 1 is 1.09 bits per heavy atom. The van der Waals surface area contributed by atoms with Crippen LogP contribution in [0.5, 0.6) is 0 Å². The van der Waals surface area contributed by atoms with E-state index in [1.807, 2.05) is 0 Å². The van der Waals surface area contributed by atoms with Crippen molar-refractivity contribution >= 4 is 40.0 Å². The van der Waals surface area contributed by atoms with Crippen LogP contribution in [0.4, 0.5) is 5.82 Å². The molecule has 0 radical (unpaired) electrons. The summed E-state index contributed by atoms with van der Waals surface area (Å²) in [5.41, 5.74) is 6.01. The van der Waals surface area contributed by atoms with Crippen LogP contribution < -0.4 is 53.2 Å². The third kappa shape index (κ3) is 7.68. The summed E-state index contributed by atoms with van der Waals surface area (Å²) in [4.78, 5) is 52.0. The molecule has 0 spiro atoms. The Morgan fingerprint density at radius 3 is 2.33 bits per heavy atom. The molecule has 22 heteroatoms. The number of nitrogens with two attached hydrogens (primary N) is 1. The Balaban J connectivity index is 0.00000272. The second kappa shape index (κ2) is 11.3. The predicted octanol–water partition coefficient (Wildman–Crippen LogP) is -8.77. The molecule has 1 aliphatic rings. The van der Waals surface area contributed by atoms with E-state index in [2.05, 4.69) is 23.8 Å². The number of nitrogens with zero attached hydrogens (tertiary/aromatic N) is 4. The summed E-state index contributed by atoms with van der Waals surface area (Å²) in [6, 6.07) is 0. The SMILES string of the molecule is Nc1ncnc2c1ncn2[C@@H]1O[C@H](COP(=O)([O-])CP(=O)([O-])OP(=O)(O)O)[C@@H](O)[C@H]1O.[Li+].[Li+]. The average Bonchev–Trinajstić information content (AvgIpc) is 3.13. The van der Waals surface area contributed by atoms with Gasteiger partial charge >= 0.3 is 45.5 Å². The Labute approximate surface area is 209 Å². The fraction of sp³-hybridized carbons (Fsp3) is 0.545. The molecule has 0 amide bonds. The molecule has 0 aromatic carbocycles. The number of imidazole rings is 1. The first kappa shape index (κ1) is 30.9. The summed E-state index contributed by atoms with van der Waals surface area (Å²) in [5, 5.41) is 20.4. The van der Waals surface area contributed by atoms with Gasteiger partial charge in [0.15, 0.2) is 25.3 Å². The average molecular weight is 517 g/mol. The van der Waals surface area contributed by atoms with Crippen molar-refractivity contribution in [1.29, 1.82) is 0 Å². The summed E-state index contributed by atoms with van der Waals surface area (Å²) < 4.78 is 48.5. The van der Waals surface area contributed by atoms with Gasteiger partial charge in [-0.3, -0.25) is 4.57 Å². The summed E-state index contributed by atoms with van der Waals surface area (Å²) in [5.74, 6) is -1.81. The second-order valence-electron chi connectivity index (χ2n) is 6.36. The minimum Gasteiger partial charge on any atom is -0.778 e. The van der Waals surface area contributed by atoms with E-state index in [0.29, 0.717) is 0 Å². The zero-order chi connectivity index (χ0) is 23.2. The zero-order valence-electron chi connectivity index (χ0n) is 17.1. The molecule has 1 saturated heterocycles. The van der Waals surface area contributed by atoms with Gasteiger partial charge in [0.2, 0.25) is 0 Å². The molecule has 33 heavy (non-hydrogen) atoms. The molecule has 6 atom stereocenters. The Hall–Kier alpha value is -0.125. The van der Waals surface area contributed by atoms with Gasteiger partial charge in [0.1, 0.15) is 37.8 Å². The number of hydrogen-bond donors (Lipinski definition) is 5. The normalized spacial score (nSPS) is 26.7. The monoisotopic (exact) mass is 517 g/mol. The molecule has 2 unspecified atom stereocenters. The minimum atomic E-state index is -5.51. The van der Waals surface area contributed by atoms with Gasteiger partial charge in [0.05, 0.1) is 18.8 Å². The molecule has 174 valence electrons. The van der Waals surface area contributed by atoms with Crippen LogP contribution in [-0.4, -0.2) is 70.3 Å². The van der Waals surface area contributed by atoms with E-state index in [-0.39, 0.29) is 54.7 Å². The maximum Gasteiger partial charge on any atom is 1.00 e. The number of anilines is 1. The largest absolute Gasteiger partial charge is 1.00 e. The van der Waals surface area contributed by atoms with Gasteiger partial charge in [0.25, 0.3) is 0 Å². The van der Waals surface area contributed by atoms with E-state index < -0.39 is 60.1 Å². The third-order valence-electron chi connectivity index (χ3n) is 4.01. The number of phosphoric acid groups is 1. The number of aliphatic hydroxyl groups is 2. The molecule has 1 aliphatic heterocycles. The second-order valence-corrected chi connectivity index (χ2v) is 11.8. The van der Waals surface area contributed by atoms with Crippen molar-refractivity contribution in [2.24, 2.45) is 0 Å². The standard InChI is InChI=1S/C11H18N5O12P3.2Li/c12-9-6-10(14-2-13-9)16(3-15-6)11-8(18)7(17)5(27-11)1-26-29(19,20)4-30(21,22)28-31(23,24)25;;/h2-3,5,7-8,11,17-18H,1,4H2,(H,19,20)(H,21,22)(H2,12,13,14)(H2,23,24,25);;/q;2*+1/p-2/t5-,7-,8-,11-;;/m1../s1. The number of hydrogen-bond acceptors (Lipinski definition) is 14. The summed E-state index contributed by atoms with van der Waals surface area (Å²) in [6.45, 7) is -0.921. The Bertz CT molecular complexity index is 1120. The quantitative estimate of drug-likeness (QED) is 0.161. The van der Waals surface area contributed by atoms with E-state index >= 15 is 0 Å². The van der Waals surface area contributed by atoms with Crippen LogP contribution in [-0.2, 0) is 27.3 Å². The van der Waals surface area contributed by atoms with Gasteiger partial charge in [-0.2, -0.15) is 0 Å². The minimum absolute atomic E-state index is 0. The molecule has 3 heterocycles. The van der Waals surface area contributed by atoms with Crippen LogP contribution >= 0.6 is 23.0 Å². The summed E-state index contributed by atoms with van der Waals surface area (Å²) >= 11 is 0. The fourth-order valence-corrected chi connectivity index (χ4v) is 7.15. The van der Waals surface area contributed by atoms with Crippen LogP contribution in [0.1, 0.15) is 6.23 Å². The summed E-state index contributed by atoms with van der Waals surface area (Å²) in [6.07, 6.45) is -3.64. The van der Waals surface area contributed by atoms with Gasteiger partial charge in [-0.1, -0.05) is 0 Å². The van der Waals surface area contributed by atoms with Crippen molar-refractivity contribution in [3.05, 3.63) is 12.7 Å². The van der Waals surface area contributed by atoms with Gasteiger partial charge in [0, 0.05) is 0 Å². The molecular formula is C11H16Li2N5O12P3. The van der Waals surface area contributed by atoms with Crippen molar-refractivity contribution in [2.45, 2.75) is 24.5 Å². The van der Waals surface area contributed by atoms with Crippen LogP contribution in [0.15, 0.2) is 12.7 Å². The van der Waals surface area contributed by atoms with E-state index in [1.54, 1.807) is 0 Å². The van der Waals surface area contributed by atoms with Crippen molar-refractivity contribution in [1.82, 2.24) is 19.5 Å². The molecule has 0 aliphatic carbocycles. The van der Waals surface area contributed by atoms with Crippen LogP contribution in [0.3, 0.4) is 0 Å². The number of nitrogen functional groups attached to an aromatic ring is 1. The van der Waals surface area contributed by atoms with Gasteiger partial charge < -0.3 is 53.9 Å². The molecule has 2 aromatic rings. The summed E-state index contributed by atoms with van der Waals surface area (Å²) in [7, 11) is -16.3. The van der Waals surface area contributed by atoms with E-state index in [0.717, 1.165) is 6.33 Å². The molecule has 3 rings (SSSR count). The van der Waals surface area contributed by atoms with E-state index in [1.165, 1.54) is 10.9 Å². The van der Waals surface area contributed by atoms with Crippen molar-refractivity contribution in [2.75, 3.05) is 18.2 Å². The van der Waals surface area contributed by atoms with Crippen LogP contribution in [0.25, 0.3) is 11.2 Å². The molecule has 17 nitrogen and oxygen atoms in total. The van der Waals surface area contributed by atoms with Crippen LogP contribution in [0, 0.1) is 0 Å².